The Labute approximate surface area is 123 Å². The first-order chi connectivity index (χ1) is 9.81. The van der Waals surface area contributed by atoms with E-state index in [0.29, 0.717) is 5.56 Å². The maximum Gasteiger partial charge on any atom is 0.416 e. The van der Waals surface area contributed by atoms with Crippen molar-refractivity contribution in [3.05, 3.63) is 35.4 Å². The summed E-state index contributed by atoms with van der Waals surface area (Å²) in [5.74, 6) is 5.71. The van der Waals surface area contributed by atoms with Gasteiger partial charge in [-0.15, -0.1) is 0 Å². The summed E-state index contributed by atoms with van der Waals surface area (Å²) >= 11 is 0. The number of alkyl halides is 3. The van der Waals surface area contributed by atoms with E-state index in [1.54, 1.807) is 6.07 Å². The van der Waals surface area contributed by atoms with Crippen LogP contribution in [0, 0.1) is 0 Å². The Kier molecular flexibility index (Phi) is 4.60. The molecule has 1 saturated carbocycles. The Morgan fingerprint density at radius 2 is 1.86 bits per heavy atom. The molecule has 3 nitrogen and oxygen atoms in total. The van der Waals surface area contributed by atoms with Crippen LogP contribution < -0.4 is 11.3 Å². The number of halogens is 3. The van der Waals surface area contributed by atoms with Gasteiger partial charge >= 0.3 is 6.18 Å². The fourth-order valence-electron chi connectivity index (χ4n) is 3.44. The lowest BCUT2D eigenvalue weighted by molar-refractivity contribution is -0.137. The molecular formula is C15H22F3N3. The van der Waals surface area contributed by atoms with Gasteiger partial charge < -0.3 is 4.90 Å². The Morgan fingerprint density at radius 3 is 2.33 bits per heavy atom. The predicted octanol–water partition coefficient (Wildman–Crippen LogP) is 3.08. The number of nitrogens with one attached hydrogen (secondary N) is 1. The number of hydrogen-bond acceptors (Lipinski definition) is 3. The molecule has 0 radical (unpaired) electrons. The van der Waals surface area contributed by atoms with Gasteiger partial charge in [-0.3, -0.25) is 11.3 Å². The van der Waals surface area contributed by atoms with E-state index in [4.69, 9.17) is 5.84 Å². The number of hydrogen-bond donors (Lipinski definition) is 2. The van der Waals surface area contributed by atoms with Crippen LogP contribution in [0.2, 0.25) is 0 Å². The summed E-state index contributed by atoms with van der Waals surface area (Å²) in [6.07, 6.45) is -0.364. The molecule has 1 aromatic rings. The summed E-state index contributed by atoms with van der Waals surface area (Å²) in [5.41, 5.74) is 2.47. The van der Waals surface area contributed by atoms with Gasteiger partial charge in [0.25, 0.3) is 0 Å². The normalized spacial score (nSPS) is 20.0. The minimum Gasteiger partial charge on any atom is -0.302 e. The number of likely N-dealkylation sites (N-methyl/N-ethyl adjacent to an activating group) is 1. The lowest BCUT2D eigenvalue weighted by Gasteiger charge is -2.43. The number of rotatable bonds is 4. The molecule has 0 saturated heterocycles. The molecule has 118 valence electrons. The molecule has 2 rings (SSSR count). The second-order valence-electron chi connectivity index (χ2n) is 5.93. The minimum atomic E-state index is -4.34. The topological polar surface area (TPSA) is 41.3 Å². The van der Waals surface area contributed by atoms with Crippen molar-refractivity contribution in [2.45, 2.75) is 43.4 Å². The first kappa shape index (κ1) is 16.3. The summed E-state index contributed by atoms with van der Waals surface area (Å²) in [4.78, 5) is 2.09. The smallest absolute Gasteiger partial charge is 0.302 e. The Morgan fingerprint density at radius 1 is 1.24 bits per heavy atom. The van der Waals surface area contributed by atoms with Crippen molar-refractivity contribution in [1.82, 2.24) is 10.3 Å². The fourth-order valence-corrected chi connectivity index (χ4v) is 3.44. The van der Waals surface area contributed by atoms with Crippen LogP contribution in [0.15, 0.2) is 24.3 Å². The third-order valence-electron chi connectivity index (χ3n) is 4.61. The van der Waals surface area contributed by atoms with Crippen molar-refractivity contribution in [3.63, 3.8) is 0 Å². The summed E-state index contributed by atoms with van der Waals surface area (Å²) in [6.45, 7) is 0. The number of hydrazine groups is 1. The molecule has 1 fully saturated rings. The van der Waals surface area contributed by atoms with Crippen molar-refractivity contribution in [2.75, 3.05) is 14.1 Å². The van der Waals surface area contributed by atoms with E-state index in [1.807, 2.05) is 14.1 Å². The molecule has 0 heterocycles. The molecule has 6 heteroatoms. The standard InChI is InChI=1S/C15H22F3N3/c1-21(2)14(8-3-4-9-14)13(20-19)11-6-5-7-12(10-11)15(16,17)18/h5-7,10,13,20H,3-4,8-9,19H2,1-2H3. The molecule has 21 heavy (non-hydrogen) atoms. The molecule has 1 aromatic carbocycles. The average molecular weight is 301 g/mol. The first-order valence-electron chi connectivity index (χ1n) is 7.12. The summed E-state index contributed by atoms with van der Waals surface area (Å²) in [6, 6.07) is 5.13. The summed E-state index contributed by atoms with van der Waals surface area (Å²) in [5, 5.41) is 0. The largest absolute Gasteiger partial charge is 0.416 e. The van der Waals surface area contributed by atoms with Crippen molar-refractivity contribution in [1.29, 1.82) is 0 Å². The highest BCUT2D eigenvalue weighted by Crippen LogP contribution is 2.43. The molecule has 1 aliphatic carbocycles. The van der Waals surface area contributed by atoms with Gasteiger partial charge in [-0.25, -0.2) is 0 Å². The summed E-state index contributed by atoms with van der Waals surface area (Å²) in [7, 11) is 3.92. The van der Waals surface area contributed by atoms with Crippen LogP contribution in [0.3, 0.4) is 0 Å². The van der Waals surface area contributed by atoms with Gasteiger partial charge in [-0.05, 0) is 44.6 Å². The van der Waals surface area contributed by atoms with Crippen molar-refractivity contribution >= 4 is 0 Å². The monoisotopic (exact) mass is 301 g/mol. The second kappa shape index (κ2) is 5.94. The molecule has 0 aromatic heterocycles. The van der Waals surface area contributed by atoms with Crippen molar-refractivity contribution < 1.29 is 13.2 Å². The van der Waals surface area contributed by atoms with Gasteiger partial charge in [0.05, 0.1) is 11.6 Å². The number of nitrogens with zero attached hydrogens (tertiary/aromatic N) is 1. The van der Waals surface area contributed by atoms with Crippen LogP contribution >= 0.6 is 0 Å². The van der Waals surface area contributed by atoms with Gasteiger partial charge in [-0.1, -0.05) is 25.0 Å². The molecule has 0 amide bonds. The van der Waals surface area contributed by atoms with E-state index in [0.717, 1.165) is 31.7 Å². The maximum absolute atomic E-state index is 12.9. The maximum atomic E-state index is 12.9. The highest BCUT2D eigenvalue weighted by molar-refractivity contribution is 5.30. The van der Waals surface area contributed by atoms with Crippen molar-refractivity contribution in [3.8, 4) is 0 Å². The SMILES string of the molecule is CN(C)C1(C(NN)c2cccc(C(F)(F)F)c2)CCCC1. The van der Waals surface area contributed by atoms with Crippen LogP contribution in [0.5, 0.6) is 0 Å². The Hall–Kier alpha value is -1.11. The van der Waals surface area contributed by atoms with Crippen LogP contribution in [-0.2, 0) is 6.18 Å². The highest BCUT2D eigenvalue weighted by atomic mass is 19.4. The lowest BCUT2D eigenvalue weighted by Crippen LogP contribution is -2.53. The molecular weight excluding hydrogens is 279 g/mol. The molecule has 3 N–H and O–H groups in total. The van der Waals surface area contributed by atoms with Crippen LogP contribution in [0.4, 0.5) is 13.2 Å². The van der Waals surface area contributed by atoms with E-state index in [1.165, 1.54) is 12.1 Å². The van der Waals surface area contributed by atoms with E-state index < -0.39 is 11.7 Å². The predicted molar refractivity (Wildman–Crippen MR) is 76.4 cm³/mol. The first-order valence-corrected chi connectivity index (χ1v) is 7.12. The van der Waals surface area contributed by atoms with Gasteiger partial charge in [0.1, 0.15) is 0 Å². The number of benzene rings is 1. The zero-order chi connectivity index (χ0) is 15.7. The average Bonchev–Trinajstić information content (AvgIpc) is 2.90. The van der Waals surface area contributed by atoms with Crippen LogP contribution in [0.25, 0.3) is 0 Å². The minimum absolute atomic E-state index is 0.237. The van der Waals surface area contributed by atoms with E-state index >= 15 is 0 Å². The quantitative estimate of drug-likeness (QED) is 0.663. The third kappa shape index (κ3) is 3.07. The van der Waals surface area contributed by atoms with Crippen LogP contribution in [-0.4, -0.2) is 24.5 Å². The third-order valence-corrected chi connectivity index (χ3v) is 4.61. The fraction of sp³-hybridized carbons (Fsp3) is 0.600. The van der Waals surface area contributed by atoms with E-state index in [9.17, 15) is 13.2 Å². The van der Waals surface area contributed by atoms with E-state index in [-0.39, 0.29) is 11.6 Å². The molecule has 0 aliphatic heterocycles. The Balaban J connectivity index is 2.42. The molecule has 1 unspecified atom stereocenters. The lowest BCUT2D eigenvalue weighted by atomic mass is 9.82. The van der Waals surface area contributed by atoms with E-state index in [2.05, 4.69) is 10.3 Å². The zero-order valence-electron chi connectivity index (χ0n) is 12.4. The van der Waals surface area contributed by atoms with Gasteiger partial charge in [0, 0.05) is 5.54 Å². The molecule has 1 aliphatic rings. The molecule has 1 atom stereocenters. The summed E-state index contributed by atoms with van der Waals surface area (Å²) < 4.78 is 38.7. The van der Waals surface area contributed by atoms with Gasteiger partial charge in [0.2, 0.25) is 0 Å². The van der Waals surface area contributed by atoms with Gasteiger partial charge in [-0.2, -0.15) is 13.2 Å². The van der Waals surface area contributed by atoms with Gasteiger partial charge in [0.15, 0.2) is 0 Å². The number of nitrogens with two attached hydrogens (primary N) is 1. The molecule has 0 bridgehead atoms. The molecule has 0 spiro atoms. The highest BCUT2D eigenvalue weighted by Gasteiger charge is 2.44. The second-order valence-corrected chi connectivity index (χ2v) is 5.93. The van der Waals surface area contributed by atoms with Crippen molar-refractivity contribution in [2.24, 2.45) is 5.84 Å². The Bertz CT molecular complexity index is 479. The van der Waals surface area contributed by atoms with Crippen LogP contribution in [0.1, 0.15) is 42.9 Å². The zero-order valence-corrected chi connectivity index (χ0v) is 12.4.